The van der Waals surface area contributed by atoms with Gasteiger partial charge in [0.25, 0.3) is 0 Å². The number of benzene rings is 1. The molecule has 1 atom stereocenters. The van der Waals surface area contributed by atoms with Crippen molar-refractivity contribution in [3.05, 3.63) is 52.7 Å². The van der Waals surface area contributed by atoms with E-state index in [1.165, 1.54) is 22.5 Å². The first-order valence-corrected chi connectivity index (χ1v) is 7.46. The van der Waals surface area contributed by atoms with Gasteiger partial charge < -0.3 is 5.73 Å². The maximum Gasteiger partial charge on any atom is 0.0801 e. The van der Waals surface area contributed by atoms with Gasteiger partial charge in [-0.25, -0.2) is 0 Å². The Balaban J connectivity index is 1.93. The summed E-state index contributed by atoms with van der Waals surface area (Å²) in [6.45, 7) is 2.08. The lowest BCUT2D eigenvalue weighted by Crippen LogP contribution is -2.14. The average molecular weight is 284 g/mol. The number of hydrogen-bond donors (Lipinski definition) is 1. The van der Waals surface area contributed by atoms with Gasteiger partial charge in [0.1, 0.15) is 0 Å². The SMILES string of the molecule is CCc1nnsc1C(N)Cc1ccnc2ccccc12. The fourth-order valence-corrected chi connectivity index (χ4v) is 3.14. The molecule has 3 rings (SSSR count). The van der Waals surface area contributed by atoms with Gasteiger partial charge in [-0.3, -0.25) is 4.98 Å². The summed E-state index contributed by atoms with van der Waals surface area (Å²) in [6, 6.07) is 10.1. The topological polar surface area (TPSA) is 64.7 Å². The van der Waals surface area contributed by atoms with Crippen LogP contribution in [-0.2, 0) is 12.8 Å². The number of rotatable bonds is 4. The van der Waals surface area contributed by atoms with Crippen LogP contribution in [0.3, 0.4) is 0 Å². The highest BCUT2D eigenvalue weighted by Gasteiger charge is 2.16. The molecule has 0 aliphatic heterocycles. The molecule has 3 aromatic rings. The van der Waals surface area contributed by atoms with E-state index >= 15 is 0 Å². The van der Waals surface area contributed by atoms with E-state index in [4.69, 9.17) is 5.73 Å². The summed E-state index contributed by atoms with van der Waals surface area (Å²) in [4.78, 5) is 5.47. The van der Waals surface area contributed by atoms with Crippen molar-refractivity contribution in [3.8, 4) is 0 Å². The number of para-hydroxylation sites is 1. The van der Waals surface area contributed by atoms with Crippen molar-refractivity contribution in [2.24, 2.45) is 5.73 Å². The molecule has 0 aliphatic carbocycles. The van der Waals surface area contributed by atoms with Crippen molar-refractivity contribution >= 4 is 22.4 Å². The molecule has 20 heavy (non-hydrogen) atoms. The monoisotopic (exact) mass is 284 g/mol. The molecule has 2 heterocycles. The van der Waals surface area contributed by atoms with Crippen LogP contribution in [0.4, 0.5) is 0 Å². The molecule has 2 aromatic heterocycles. The highest BCUT2D eigenvalue weighted by molar-refractivity contribution is 7.05. The molecule has 102 valence electrons. The Labute approximate surface area is 121 Å². The van der Waals surface area contributed by atoms with E-state index in [0.717, 1.165) is 28.9 Å². The average Bonchev–Trinajstić information content (AvgIpc) is 2.96. The molecule has 4 nitrogen and oxygen atoms in total. The molecular formula is C15H16N4S. The van der Waals surface area contributed by atoms with Crippen molar-refractivity contribution in [1.29, 1.82) is 0 Å². The van der Waals surface area contributed by atoms with E-state index < -0.39 is 0 Å². The minimum absolute atomic E-state index is 0.0595. The van der Waals surface area contributed by atoms with E-state index in [-0.39, 0.29) is 6.04 Å². The maximum atomic E-state index is 6.35. The van der Waals surface area contributed by atoms with Crippen LogP contribution in [-0.4, -0.2) is 14.6 Å². The maximum absolute atomic E-state index is 6.35. The highest BCUT2D eigenvalue weighted by atomic mass is 32.1. The predicted octanol–water partition coefficient (Wildman–Crippen LogP) is 2.89. The number of aryl methyl sites for hydroxylation is 1. The Morgan fingerprint density at radius 2 is 2.10 bits per heavy atom. The van der Waals surface area contributed by atoms with Crippen LogP contribution >= 0.6 is 11.5 Å². The largest absolute Gasteiger partial charge is 0.323 e. The third-order valence-corrected chi connectivity index (χ3v) is 4.33. The predicted molar refractivity (Wildman–Crippen MR) is 81.7 cm³/mol. The molecule has 2 N–H and O–H groups in total. The number of fused-ring (bicyclic) bond motifs is 1. The smallest absolute Gasteiger partial charge is 0.0801 e. The summed E-state index contributed by atoms with van der Waals surface area (Å²) in [5.74, 6) is 0. The van der Waals surface area contributed by atoms with E-state index in [9.17, 15) is 0 Å². The standard InChI is InChI=1S/C15H16N4S/c1-2-13-15(20-19-18-13)12(16)9-10-7-8-17-14-6-4-3-5-11(10)14/h3-8,12H,2,9,16H2,1H3. The number of aromatic nitrogens is 3. The second-order valence-corrected chi connectivity index (χ2v) is 5.52. The minimum atomic E-state index is -0.0595. The fraction of sp³-hybridized carbons (Fsp3) is 0.267. The number of nitrogens with two attached hydrogens (primary N) is 1. The summed E-state index contributed by atoms with van der Waals surface area (Å²) >= 11 is 1.41. The van der Waals surface area contributed by atoms with Gasteiger partial charge >= 0.3 is 0 Å². The third-order valence-electron chi connectivity index (χ3n) is 3.44. The van der Waals surface area contributed by atoms with Crippen LogP contribution in [0.1, 0.15) is 29.1 Å². The molecule has 0 fully saturated rings. The zero-order valence-corrected chi connectivity index (χ0v) is 12.1. The third kappa shape index (κ3) is 2.42. The summed E-state index contributed by atoms with van der Waals surface area (Å²) in [5, 5.41) is 5.30. The molecule has 1 aromatic carbocycles. The first-order chi connectivity index (χ1) is 9.79. The Kier molecular flexibility index (Phi) is 3.71. The van der Waals surface area contributed by atoms with Crippen LogP contribution < -0.4 is 5.73 Å². The second-order valence-electron chi connectivity index (χ2n) is 4.74. The van der Waals surface area contributed by atoms with Crippen molar-refractivity contribution < 1.29 is 0 Å². The van der Waals surface area contributed by atoms with E-state index in [1.807, 2.05) is 30.5 Å². The quantitative estimate of drug-likeness (QED) is 0.800. The Morgan fingerprint density at radius 1 is 1.25 bits per heavy atom. The first kappa shape index (κ1) is 13.1. The summed E-state index contributed by atoms with van der Waals surface area (Å²) in [7, 11) is 0. The zero-order chi connectivity index (χ0) is 13.9. The van der Waals surface area contributed by atoms with Crippen LogP contribution in [0.5, 0.6) is 0 Å². The Bertz CT molecular complexity index is 717. The van der Waals surface area contributed by atoms with Crippen LogP contribution in [0.2, 0.25) is 0 Å². The molecule has 0 aliphatic rings. The molecule has 0 amide bonds. The lowest BCUT2D eigenvalue weighted by atomic mass is 10.0. The summed E-state index contributed by atoms with van der Waals surface area (Å²) < 4.78 is 4.02. The second kappa shape index (κ2) is 5.64. The van der Waals surface area contributed by atoms with Crippen molar-refractivity contribution in [2.45, 2.75) is 25.8 Å². The van der Waals surface area contributed by atoms with Gasteiger partial charge in [0, 0.05) is 17.6 Å². The Morgan fingerprint density at radius 3 is 2.95 bits per heavy atom. The molecule has 0 spiro atoms. The zero-order valence-electron chi connectivity index (χ0n) is 11.3. The van der Waals surface area contributed by atoms with Crippen molar-refractivity contribution in [1.82, 2.24) is 14.6 Å². The number of nitrogens with zero attached hydrogens (tertiary/aromatic N) is 3. The number of hydrogen-bond acceptors (Lipinski definition) is 5. The molecule has 0 radical (unpaired) electrons. The number of pyridine rings is 1. The summed E-state index contributed by atoms with van der Waals surface area (Å²) in [5.41, 5.74) is 9.59. The molecule has 5 heteroatoms. The van der Waals surface area contributed by atoms with Gasteiger partial charge in [0.05, 0.1) is 16.1 Å². The highest BCUT2D eigenvalue weighted by Crippen LogP contribution is 2.25. The fourth-order valence-electron chi connectivity index (χ4n) is 2.40. The van der Waals surface area contributed by atoms with Crippen molar-refractivity contribution in [3.63, 3.8) is 0 Å². The normalized spacial score (nSPS) is 12.7. The molecular weight excluding hydrogens is 268 g/mol. The molecule has 1 unspecified atom stereocenters. The van der Waals surface area contributed by atoms with Crippen LogP contribution in [0, 0.1) is 0 Å². The van der Waals surface area contributed by atoms with E-state index in [1.54, 1.807) is 0 Å². The van der Waals surface area contributed by atoms with E-state index in [2.05, 4.69) is 27.6 Å². The van der Waals surface area contributed by atoms with Gasteiger partial charge in [0.2, 0.25) is 0 Å². The van der Waals surface area contributed by atoms with Crippen molar-refractivity contribution in [2.75, 3.05) is 0 Å². The van der Waals surface area contributed by atoms with Gasteiger partial charge in [0.15, 0.2) is 0 Å². The van der Waals surface area contributed by atoms with Gasteiger partial charge in [-0.15, -0.1) is 5.10 Å². The molecule has 0 saturated heterocycles. The van der Waals surface area contributed by atoms with Crippen LogP contribution in [0.25, 0.3) is 10.9 Å². The first-order valence-electron chi connectivity index (χ1n) is 6.69. The molecule has 0 saturated carbocycles. The van der Waals surface area contributed by atoms with Crippen LogP contribution in [0.15, 0.2) is 36.5 Å². The lowest BCUT2D eigenvalue weighted by molar-refractivity contribution is 0.725. The molecule has 0 bridgehead atoms. The minimum Gasteiger partial charge on any atom is -0.323 e. The van der Waals surface area contributed by atoms with Gasteiger partial charge in [-0.05, 0) is 42.1 Å². The lowest BCUT2D eigenvalue weighted by Gasteiger charge is -2.12. The van der Waals surface area contributed by atoms with Gasteiger partial charge in [-0.2, -0.15) is 0 Å². The van der Waals surface area contributed by atoms with Gasteiger partial charge in [-0.1, -0.05) is 29.6 Å². The van der Waals surface area contributed by atoms with E-state index in [0.29, 0.717) is 0 Å². The Hall–Kier alpha value is -1.85. The summed E-state index contributed by atoms with van der Waals surface area (Å²) in [6.07, 6.45) is 3.49.